The molecule has 0 atom stereocenters. The molecule has 2 rings (SSSR count). The van der Waals surface area contributed by atoms with Gasteiger partial charge in [-0.05, 0) is 24.1 Å². The lowest BCUT2D eigenvalue weighted by molar-refractivity contribution is 0.0680. The van der Waals surface area contributed by atoms with Crippen molar-refractivity contribution in [3.05, 3.63) is 35.8 Å². The molecule has 6 nitrogen and oxygen atoms in total. The summed E-state index contributed by atoms with van der Waals surface area (Å²) in [5, 5.41) is 18.3. The number of carboxylic acids is 1. The maximum atomic E-state index is 11.0. The highest BCUT2D eigenvalue weighted by atomic mass is 16.5. The van der Waals surface area contributed by atoms with Gasteiger partial charge in [0.1, 0.15) is 11.8 Å². The van der Waals surface area contributed by atoms with Crippen LogP contribution in [-0.2, 0) is 7.05 Å². The Labute approximate surface area is 128 Å². The highest BCUT2D eigenvalue weighted by molar-refractivity contribution is 5.84. The van der Waals surface area contributed by atoms with Gasteiger partial charge in [-0.25, -0.2) is 9.78 Å². The zero-order valence-electron chi connectivity index (χ0n) is 12.7. The van der Waals surface area contributed by atoms with Crippen LogP contribution in [0, 0.1) is 17.2 Å². The van der Waals surface area contributed by atoms with E-state index in [1.807, 2.05) is 13.8 Å². The quantitative estimate of drug-likeness (QED) is 0.917. The molecule has 0 saturated carbocycles. The highest BCUT2D eigenvalue weighted by Gasteiger charge is 2.14. The van der Waals surface area contributed by atoms with Crippen LogP contribution >= 0.6 is 0 Å². The van der Waals surface area contributed by atoms with Gasteiger partial charge in [-0.15, -0.1) is 0 Å². The molecular weight excluding hydrogens is 282 g/mol. The summed E-state index contributed by atoms with van der Waals surface area (Å²) in [6, 6.07) is 7.24. The van der Waals surface area contributed by atoms with Crippen molar-refractivity contribution in [2.45, 2.75) is 13.8 Å². The predicted molar refractivity (Wildman–Crippen MR) is 80.7 cm³/mol. The molecule has 2 aromatic rings. The van der Waals surface area contributed by atoms with Crippen LogP contribution in [0.2, 0.25) is 0 Å². The van der Waals surface area contributed by atoms with Gasteiger partial charge in [-0.2, -0.15) is 5.26 Å². The average molecular weight is 299 g/mol. The van der Waals surface area contributed by atoms with Gasteiger partial charge in [0.2, 0.25) is 5.82 Å². The topological polar surface area (TPSA) is 88.1 Å². The highest BCUT2D eigenvalue weighted by Crippen LogP contribution is 2.26. The number of aromatic nitrogens is 2. The van der Waals surface area contributed by atoms with Crippen LogP contribution in [0.25, 0.3) is 11.3 Å². The van der Waals surface area contributed by atoms with Gasteiger partial charge < -0.3 is 14.4 Å². The van der Waals surface area contributed by atoms with Crippen LogP contribution in [-0.4, -0.2) is 27.2 Å². The van der Waals surface area contributed by atoms with Crippen LogP contribution in [0.4, 0.5) is 0 Å². The van der Waals surface area contributed by atoms with Gasteiger partial charge in [0, 0.05) is 18.8 Å². The van der Waals surface area contributed by atoms with E-state index in [1.165, 1.54) is 4.57 Å². The largest absolute Gasteiger partial charge is 0.492 e. The first-order valence-corrected chi connectivity index (χ1v) is 6.86. The molecule has 1 aromatic carbocycles. The van der Waals surface area contributed by atoms with Gasteiger partial charge in [0.15, 0.2) is 0 Å². The third-order valence-corrected chi connectivity index (χ3v) is 3.04. The van der Waals surface area contributed by atoms with Crippen molar-refractivity contribution in [1.82, 2.24) is 9.55 Å². The molecule has 22 heavy (non-hydrogen) atoms. The van der Waals surface area contributed by atoms with Gasteiger partial charge >= 0.3 is 5.97 Å². The van der Waals surface area contributed by atoms with E-state index in [-0.39, 0.29) is 5.82 Å². The van der Waals surface area contributed by atoms with E-state index in [0.29, 0.717) is 35.1 Å². The van der Waals surface area contributed by atoms with Crippen LogP contribution in [0.5, 0.6) is 5.75 Å². The summed E-state index contributed by atoms with van der Waals surface area (Å²) < 4.78 is 7.04. The monoisotopic (exact) mass is 299 g/mol. The first-order valence-electron chi connectivity index (χ1n) is 6.86. The number of carboxylic acid groups (broad SMARTS) is 1. The van der Waals surface area contributed by atoms with Gasteiger partial charge in [0.05, 0.1) is 17.9 Å². The number of imidazole rings is 1. The summed E-state index contributed by atoms with van der Waals surface area (Å²) in [4.78, 5) is 15.1. The summed E-state index contributed by atoms with van der Waals surface area (Å²) >= 11 is 0. The molecule has 0 amide bonds. The van der Waals surface area contributed by atoms with Crippen LogP contribution in [0.1, 0.15) is 30.0 Å². The fraction of sp³-hybridized carbons (Fsp3) is 0.312. The van der Waals surface area contributed by atoms with Crippen LogP contribution in [0.3, 0.4) is 0 Å². The summed E-state index contributed by atoms with van der Waals surface area (Å²) in [5.41, 5.74) is 1.59. The Morgan fingerprint density at radius 2 is 2.23 bits per heavy atom. The SMILES string of the molecule is CC(C)COc1ccc(-c2cn(C)c(C(=O)O)n2)cc1C#N. The molecule has 0 fully saturated rings. The van der Waals surface area contributed by atoms with E-state index in [1.54, 1.807) is 31.4 Å². The van der Waals surface area contributed by atoms with Crippen molar-refractivity contribution in [2.75, 3.05) is 6.61 Å². The van der Waals surface area contributed by atoms with E-state index in [4.69, 9.17) is 9.84 Å². The molecular formula is C16H17N3O3. The minimum Gasteiger partial charge on any atom is -0.492 e. The molecule has 0 spiro atoms. The number of nitrogens with zero attached hydrogens (tertiary/aromatic N) is 3. The van der Waals surface area contributed by atoms with Crippen molar-refractivity contribution in [3.8, 4) is 23.1 Å². The summed E-state index contributed by atoms with van der Waals surface area (Å²) in [6.45, 7) is 4.59. The summed E-state index contributed by atoms with van der Waals surface area (Å²) in [5.74, 6) is -0.255. The Kier molecular flexibility index (Phi) is 4.47. The summed E-state index contributed by atoms with van der Waals surface area (Å²) in [6.07, 6.45) is 1.62. The molecule has 0 aliphatic rings. The number of ether oxygens (including phenoxy) is 1. The number of rotatable bonds is 5. The number of carbonyl (C=O) groups is 1. The van der Waals surface area contributed by atoms with Gasteiger partial charge in [-0.1, -0.05) is 13.8 Å². The third kappa shape index (κ3) is 3.26. The average Bonchev–Trinajstić information content (AvgIpc) is 2.87. The van der Waals surface area contributed by atoms with E-state index < -0.39 is 5.97 Å². The van der Waals surface area contributed by atoms with E-state index in [2.05, 4.69) is 11.1 Å². The molecule has 0 saturated heterocycles. The molecule has 1 heterocycles. The van der Waals surface area contributed by atoms with E-state index in [0.717, 1.165) is 0 Å². The van der Waals surface area contributed by atoms with Crippen molar-refractivity contribution in [2.24, 2.45) is 13.0 Å². The maximum Gasteiger partial charge on any atom is 0.372 e. The first-order chi connectivity index (χ1) is 10.4. The van der Waals surface area contributed by atoms with E-state index in [9.17, 15) is 10.1 Å². The van der Waals surface area contributed by atoms with Gasteiger partial charge in [-0.3, -0.25) is 0 Å². The molecule has 0 aliphatic carbocycles. The Balaban J connectivity index is 2.35. The third-order valence-electron chi connectivity index (χ3n) is 3.04. The molecule has 0 radical (unpaired) electrons. The van der Waals surface area contributed by atoms with Crippen LogP contribution in [0.15, 0.2) is 24.4 Å². The minimum absolute atomic E-state index is 0.0476. The summed E-state index contributed by atoms with van der Waals surface area (Å²) in [7, 11) is 1.62. The fourth-order valence-corrected chi connectivity index (χ4v) is 1.96. The Morgan fingerprint density at radius 1 is 1.50 bits per heavy atom. The lowest BCUT2D eigenvalue weighted by Crippen LogP contribution is -2.05. The van der Waals surface area contributed by atoms with Gasteiger partial charge in [0.25, 0.3) is 0 Å². The zero-order valence-corrected chi connectivity index (χ0v) is 12.7. The fourth-order valence-electron chi connectivity index (χ4n) is 1.96. The zero-order chi connectivity index (χ0) is 16.3. The number of hydrogen-bond donors (Lipinski definition) is 1. The van der Waals surface area contributed by atoms with Crippen molar-refractivity contribution in [3.63, 3.8) is 0 Å². The second-order valence-electron chi connectivity index (χ2n) is 5.39. The predicted octanol–water partition coefficient (Wildman–Crippen LogP) is 2.69. The molecule has 1 aromatic heterocycles. The normalized spacial score (nSPS) is 10.5. The van der Waals surface area contributed by atoms with Crippen molar-refractivity contribution in [1.29, 1.82) is 5.26 Å². The van der Waals surface area contributed by atoms with Crippen LogP contribution < -0.4 is 4.74 Å². The number of benzene rings is 1. The number of aromatic carboxylic acids is 1. The molecule has 0 aliphatic heterocycles. The van der Waals surface area contributed by atoms with E-state index >= 15 is 0 Å². The first kappa shape index (κ1) is 15.6. The second kappa shape index (κ2) is 6.31. The second-order valence-corrected chi connectivity index (χ2v) is 5.39. The van der Waals surface area contributed by atoms with Crippen molar-refractivity contribution < 1.29 is 14.6 Å². The molecule has 0 bridgehead atoms. The Morgan fingerprint density at radius 3 is 2.77 bits per heavy atom. The van der Waals surface area contributed by atoms with Crippen molar-refractivity contribution >= 4 is 5.97 Å². The smallest absolute Gasteiger partial charge is 0.372 e. The number of aryl methyl sites for hydroxylation is 1. The minimum atomic E-state index is -1.09. The standard InChI is InChI=1S/C16H17N3O3/c1-10(2)9-22-14-5-4-11(6-12(14)7-17)13-8-19(3)15(18-13)16(20)21/h4-6,8,10H,9H2,1-3H3,(H,20,21). The lowest BCUT2D eigenvalue weighted by Gasteiger charge is -2.10. The maximum absolute atomic E-state index is 11.0. The molecule has 1 N–H and O–H groups in total. The lowest BCUT2D eigenvalue weighted by atomic mass is 10.1. The Hall–Kier alpha value is -2.81. The number of nitriles is 1. The molecule has 6 heteroatoms. The Bertz CT molecular complexity index is 742. The number of hydrogen-bond acceptors (Lipinski definition) is 4. The molecule has 0 unspecified atom stereocenters. The molecule has 114 valence electrons.